The van der Waals surface area contributed by atoms with Gasteiger partial charge in [0.05, 0.1) is 4.90 Å². The number of sulfonamides is 1. The molecule has 0 heterocycles. The maximum atomic E-state index is 12.3. The van der Waals surface area contributed by atoms with Crippen LogP contribution in [0.4, 0.5) is 4.79 Å². The molecule has 33 heavy (non-hydrogen) atoms. The topological polar surface area (TPSA) is 101 Å². The second-order valence-corrected chi connectivity index (χ2v) is 11.0. The van der Waals surface area contributed by atoms with Crippen molar-refractivity contribution in [3.05, 3.63) is 65.2 Å². The Morgan fingerprint density at radius 3 is 2.09 bits per heavy atom. The number of urea groups is 1. The lowest BCUT2D eigenvalue weighted by Gasteiger charge is -2.21. The average Bonchev–Trinajstić information content (AvgIpc) is 2.77. The van der Waals surface area contributed by atoms with Crippen LogP contribution in [0.2, 0.25) is 0 Å². The molecule has 0 aliphatic rings. The monoisotopic (exact) mass is 473 g/mol. The molecule has 6 nitrogen and oxygen atoms in total. The lowest BCUT2D eigenvalue weighted by Crippen LogP contribution is -2.40. The highest BCUT2D eigenvalue weighted by Crippen LogP contribution is 2.30. The highest BCUT2D eigenvalue weighted by molar-refractivity contribution is 7.90. The molecule has 182 valence electrons. The predicted molar refractivity (Wildman–Crippen MR) is 134 cm³/mol. The van der Waals surface area contributed by atoms with Crippen LogP contribution in [0.3, 0.4) is 0 Å². The van der Waals surface area contributed by atoms with Gasteiger partial charge in [-0.2, -0.15) is 0 Å². The molecular formula is C26H39N3O3S. The normalized spacial score (nSPS) is 13.5. The van der Waals surface area contributed by atoms with Gasteiger partial charge in [-0.3, -0.25) is 0 Å². The van der Waals surface area contributed by atoms with Crippen molar-refractivity contribution in [3.63, 3.8) is 0 Å². The smallest absolute Gasteiger partial charge is 0.328 e. The van der Waals surface area contributed by atoms with E-state index in [4.69, 9.17) is 5.73 Å². The molecule has 0 aliphatic carbocycles. The molecule has 0 radical (unpaired) electrons. The van der Waals surface area contributed by atoms with Gasteiger partial charge in [0.15, 0.2) is 0 Å². The molecule has 4 N–H and O–H groups in total. The summed E-state index contributed by atoms with van der Waals surface area (Å²) in [5.74, 6) is 1.98. The Kier molecular flexibility index (Phi) is 10.4. The van der Waals surface area contributed by atoms with Crippen molar-refractivity contribution in [2.24, 2.45) is 17.6 Å². The molecule has 0 fully saturated rings. The van der Waals surface area contributed by atoms with Crippen molar-refractivity contribution in [1.29, 1.82) is 0 Å². The number of hydrogen-bond acceptors (Lipinski definition) is 4. The molecule has 2 unspecified atom stereocenters. The summed E-state index contributed by atoms with van der Waals surface area (Å²) in [4.78, 5) is 12.1. The maximum absolute atomic E-state index is 12.3. The number of carbonyl (C=O) groups excluding carboxylic acids is 1. The van der Waals surface area contributed by atoms with Gasteiger partial charge in [0, 0.05) is 13.1 Å². The first-order valence-corrected chi connectivity index (χ1v) is 13.3. The number of benzene rings is 2. The molecule has 2 atom stereocenters. The summed E-state index contributed by atoms with van der Waals surface area (Å²) in [7, 11) is -3.92. The van der Waals surface area contributed by atoms with Gasteiger partial charge in [0.25, 0.3) is 10.0 Å². The number of carbonyl (C=O) groups is 1. The van der Waals surface area contributed by atoms with Crippen LogP contribution in [-0.2, 0) is 23.0 Å². The van der Waals surface area contributed by atoms with E-state index in [1.165, 1.54) is 30.5 Å². The lowest BCUT2D eigenvalue weighted by molar-refractivity contribution is 0.246. The van der Waals surface area contributed by atoms with Crippen molar-refractivity contribution >= 4 is 16.1 Å². The van der Waals surface area contributed by atoms with E-state index in [0.717, 1.165) is 23.5 Å². The summed E-state index contributed by atoms with van der Waals surface area (Å²) in [5.41, 5.74) is 8.80. The number of rotatable bonds is 12. The van der Waals surface area contributed by atoms with Crippen LogP contribution in [0.15, 0.2) is 53.4 Å². The minimum absolute atomic E-state index is 0.0265. The molecule has 2 amide bonds. The van der Waals surface area contributed by atoms with E-state index in [9.17, 15) is 13.2 Å². The van der Waals surface area contributed by atoms with E-state index >= 15 is 0 Å². The molecule has 2 rings (SSSR count). The van der Waals surface area contributed by atoms with Gasteiger partial charge in [0.2, 0.25) is 0 Å². The number of hydrogen-bond donors (Lipinski definition) is 3. The fourth-order valence-corrected chi connectivity index (χ4v) is 5.15. The van der Waals surface area contributed by atoms with Crippen LogP contribution in [0.5, 0.6) is 0 Å². The summed E-state index contributed by atoms with van der Waals surface area (Å²) < 4.78 is 26.7. The largest absolute Gasteiger partial charge is 0.337 e. The van der Waals surface area contributed by atoms with Crippen molar-refractivity contribution in [3.8, 4) is 0 Å². The summed E-state index contributed by atoms with van der Waals surface area (Å²) in [6, 6.07) is 14.0. The standard InChI is InChI=1S/C26H39N3O3S/c1-5-23(17-20(4)16-19(2)3)24-10-6-21(7-11-24)14-15-28-26(30)29-33(31,32)25-12-8-22(18-27)9-13-25/h6-13,19-20,23H,5,14-18,27H2,1-4H3,(H2,28,29,30). The highest BCUT2D eigenvalue weighted by atomic mass is 32.2. The zero-order valence-electron chi connectivity index (χ0n) is 20.3. The Balaban J connectivity index is 1.84. The molecule has 0 aliphatic heterocycles. The zero-order chi connectivity index (χ0) is 24.4. The van der Waals surface area contributed by atoms with Crippen LogP contribution in [-0.4, -0.2) is 21.0 Å². The molecule has 0 saturated heterocycles. The second-order valence-electron chi connectivity index (χ2n) is 9.28. The van der Waals surface area contributed by atoms with E-state index in [0.29, 0.717) is 31.3 Å². The Morgan fingerprint density at radius 2 is 1.55 bits per heavy atom. The van der Waals surface area contributed by atoms with E-state index in [-0.39, 0.29) is 4.90 Å². The Hall–Kier alpha value is -2.38. The minimum Gasteiger partial charge on any atom is -0.337 e. The first-order valence-electron chi connectivity index (χ1n) is 11.8. The molecule has 0 saturated carbocycles. The number of nitrogens with one attached hydrogen (secondary N) is 2. The van der Waals surface area contributed by atoms with Crippen LogP contribution < -0.4 is 15.8 Å². The van der Waals surface area contributed by atoms with Crippen molar-refractivity contribution in [1.82, 2.24) is 10.0 Å². The number of nitrogens with two attached hydrogens (primary N) is 1. The molecule has 0 bridgehead atoms. The first-order chi connectivity index (χ1) is 15.6. The first kappa shape index (κ1) is 26.9. The minimum atomic E-state index is -3.92. The zero-order valence-corrected chi connectivity index (χ0v) is 21.1. The van der Waals surface area contributed by atoms with Gasteiger partial charge in [-0.25, -0.2) is 17.9 Å². The SMILES string of the molecule is CCC(CC(C)CC(C)C)c1ccc(CCNC(=O)NS(=O)(=O)c2ccc(CN)cc2)cc1. The second kappa shape index (κ2) is 12.8. The fourth-order valence-electron chi connectivity index (χ4n) is 4.22. The third kappa shape index (κ3) is 8.82. The Labute approximate surface area is 199 Å². The van der Waals surface area contributed by atoms with Crippen molar-refractivity contribution < 1.29 is 13.2 Å². The maximum Gasteiger partial charge on any atom is 0.328 e. The van der Waals surface area contributed by atoms with Gasteiger partial charge in [-0.15, -0.1) is 0 Å². The summed E-state index contributed by atoms with van der Waals surface area (Å²) in [6.45, 7) is 9.79. The third-order valence-corrected chi connectivity index (χ3v) is 7.25. The summed E-state index contributed by atoms with van der Waals surface area (Å²) >= 11 is 0. The molecule has 0 aromatic heterocycles. The third-order valence-electron chi connectivity index (χ3n) is 5.90. The molecule has 2 aromatic rings. The average molecular weight is 474 g/mol. The van der Waals surface area contributed by atoms with Crippen LogP contribution in [0.1, 0.15) is 69.6 Å². The Bertz CT molecular complexity index is 971. The Morgan fingerprint density at radius 1 is 0.939 bits per heavy atom. The quantitative estimate of drug-likeness (QED) is 0.406. The van der Waals surface area contributed by atoms with E-state index in [2.05, 4.69) is 62.0 Å². The summed E-state index contributed by atoms with van der Waals surface area (Å²) in [6.07, 6.45) is 4.18. The molecule has 0 spiro atoms. The van der Waals surface area contributed by atoms with Crippen LogP contribution in [0.25, 0.3) is 0 Å². The van der Waals surface area contributed by atoms with Gasteiger partial charge >= 0.3 is 6.03 Å². The predicted octanol–water partition coefficient (Wildman–Crippen LogP) is 4.94. The highest BCUT2D eigenvalue weighted by Gasteiger charge is 2.17. The van der Waals surface area contributed by atoms with E-state index < -0.39 is 16.1 Å². The van der Waals surface area contributed by atoms with Gasteiger partial charge in [0.1, 0.15) is 0 Å². The number of amides is 2. The van der Waals surface area contributed by atoms with Crippen LogP contribution in [0, 0.1) is 11.8 Å². The van der Waals surface area contributed by atoms with Crippen LogP contribution >= 0.6 is 0 Å². The van der Waals surface area contributed by atoms with Gasteiger partial charge < -0.3 is 11.1 Å². The van der Waals surface area contributed by atoms with Crippen molar-refractivity contribution in [2.45, 2.75) is 70.7 Å². The molecule has 2 aromatic carbocycles. The van der Waals surface area contributed by atoms with Crippen molar-refractivity contribution in [2.75, 3.05) is 6.54 Å². The molecular weight excluding hydrogens is 434 g/mol. The fraction of sp³-hybridized carbons (Fsp3) is 0.500. The lowest BCUT2D eigenvalue weighted by atomic mass is 9.84. The molecule has 7 heteroatoms. The van der Waals surface area contributed by atoms with E-state index in [1.54, 1.807) is 12.1 Å². The van der Waals surface area contributed by atoms with Gasteiger partial charge in [-0.1, -0.05) is 64.1 Å². The van der Waals surface area contributed by atoms with Gasteiger partial charge in [-0.05, 0) is 72.3 Å². The van der Waals surface area contributed by atoms with E-state index in [1.807, 2.05) is 0 Å². The summed E-state index contributed by atoms with van der Waals surface area (Å²) in [5, 5.41) is 2.62.